The minimum atomic E-state index is -0.356. The molecule has 4 heteroatoms. The van der Waals surface area contributed by atoms with Gasteiger partial charge < -0.3 is 14.9 Å². The van der Waals surface area contributed by atoms with E-state index >= 15 is 0 Å². The molecule has 0 spiro atoms. The van der Waals surface area contributed by atoms with E-state index in [1.165, 1.54) is 13.2 Å². The number of ether oxygens (including phenoxy) is 1. The highest BCUT2D eigenvalue weighted by molar-refractivity contribution is 5.54. The molecule has 1 rings (SSSR count). The molecule has 0 aromatic heterocycles. The van der Waals surface area contributed by atoms with Crippen LogP contribution in [0.4, 0.5) is 0 Å². The third-order valence-electron chi connectivity index (χ3n) is 1.40. The van der Waals surface area contributed by atoms with Gasteiger partial charge in [-0.2, -0.15) is 5.26 Å². The molecule has 0 radical (unpaired) electrons. The average molecular weight is 165 g/mol. The summed E-state index contributed by atoms with van der Waals surface area (Å²) in [7, 11) is 1.34. The van der Waals surface area contributed by atoms with Crippen LogP contribution in [-0.2, 0) is 0 Å². The number of rotatable bonds is 1. The maximum absolute atomic E-state index is 9.13. The molecule has 0 unspecified atom stereocenters. The van der Waals surface area contributed by atoms with Crippen molar-refractivity contribution in [3.63, 3.8) is 0 Å². The topological polar surface area (TPSA) is 73.5 Å². The maximum Gasteiger partial charge on any atom is 0.200 e. The van der Waals surface area contributed by atoms with Crippen molar-refractivity contribution in [1.29, 1.82) is 5.26 Å². The minimum Gasteiger partial charge on any atom is -0.504 e. The van der Waals surface area contributed by atoms with Gasteiger partial charge in [0.25, 0.3) is 0 Å². The highest BCUT2D eigenvalue weighted by Gasteiger charge is 2.08. The number of methoxy groups -OCH3 is 1. The van der Waals surface area contributed by atoms with Crippen LogP contribution in [-0.4, -0.2) is 17.3 Å². The zero-order chi connectivity index (χ0) is 9.14. The van der Waals surface area contributed by atoms with Crippen molar-refractivity contribution < 1.29 is 14.9 Å². The molecule has 0 amide bonds. The molecule has 0 bridgehead atoms. The monoisotopic (exact) mass is 165 g/mol. The van der Waals surface area contributed by atoms with E-state index in [9.17, 15) is 0 Å². The first-order chi connectivity index (χ1) is 5.69. The van der Waals surface area contributed by atoms with Crippen molar-refractivity contribution >= 4 is 0 Å². The summed E-state index contributed by atoms with van der Waals surface area (Å²) >= 11 is 0. The van der Waals surface area contributed by atoms with Gasteiger partial charge in [0, 0.05) is 12.1 Å². The molecule has 4 nitrogen and oxygen atoms in total. The summed E-state index contributed by atoms with van der Waals surface area (Å²) in [5, 5.41) is 26.7. The number of aromatic hydroxyl groups is 2. The van der Waals surface area contributed by atoms with Gasteiger partial charge >= 0.3 is 0 Å². The third-order valence-corrected chi connectivity index (χ3v) is 1.40. The van der Waals surface area contributed by atoms with Crippen LogP contribution in [0.15, 0.2) is 12.1 Å². The summed E-state index contributed by atoms with van der Waals surface area (Å²) < 4.78 is 4.71. The van der Waals surface area contributed by atoms with Crippen LogP contribution in [0.1, 0.15) is 5.56 Å². The second kappa shape index (κ2) is 3.01. The summed E-state index contributed by atoms with van der Waals surface area (Å²) in [6.07, 6.45) is 0. The van der Waals surface area contributed by atoms with Gasteiger partial charge in [-0.3, -0.25) is 0 Å². The van der Waals surface area contributed by atoms with Gasteiger partial charge in [0.1, 0.15) is 0 Å². The minimum absolute atomic E-state index is 0.0894. The fourth-order valence-electron chi connectivity index (χ4n) is 0.813. The Bertz CT molecular complexity index is 341. The lowest BCUT2D eigenvalue weighted by Crippen LogP contribution is -1.85. The van der Waals surface area contributed by atoms with Crippen molar-refractivity contribution in [1.82, 2.24) is 0 Å². The second-order valence-corrected chi connectivity index (χ2v) is 2.16. The molecule has 0 atom stereocenters. The molecule has 0 fully saturated rings. The van der Waals surface area contributed by atoms with Gasteiger partial charge in [0.2, 0.25) is 5.75 Å². The Morgan fingerprint density at radius 2 is 2.08 bits per heavy atom. The van der Waals surface area contributed by atoms with E-state index in [-0.39, 0.29) is 22.8 Å². The predicted molar refractivity (Wildman–Crippen MR) is 41.0 cm³/mol. The van der Waals surface area contributed by atoms with Crippen LogP contribution in [0.25, 0.3) is 0 Å². The van der Waals surface area contributed by atoms with Gasteiger partial charge in [0.15, 0.2) is 11.5 Å². The van der Waals surface area contributed by atoms with Crippen molar-refractivity contribution in [2.45, 2.75) is 0 Å². The van der Waals surface area contributed by atoms with Crippen molar-refractivity contribution in [2.24, 2.45) is 0 Å². The van der Waals surface area contributed by atoms with Crippen molar-refractivity contribution in [3.8, 4) is 23.3 Å². The Morgan fingerprint density at radius 1 is 1.42 bits per heavy atom. The fraction of sp³-hybridized carbons (Fsp3) is 0.125. The summed E-state index contributed by atoms with van der Waals surface area (Å²) in [4.78, 5) is 0. The zero-order valence-corrected chi connectivity index (χ0v) is 6.40. The Morgan fingerprint density at radius 3 is 2.58 bits per heavy atom. The molecule has 1 aromatic carbocycles. The van der Waals surface area contributed by atoms with Gasteiger partial charge in [-0.05, 0) is 0 Å². The summed E-state index contributed by atoms with van der Waals surface area (Å²) in [6.45, 7) is 0. The van der Waals surface area contributed by atoms with E-state index in [2.05, 4.69) is 0 Å². The van der Waals surface area contributed by atoms with Crippen LogP contribution in [0.5, 0.6) is 17.2 Å². The molecular weight excluding hydrogens is 158 g/mol. The second-order valence-electron chi connectivity index (χ2n) is 2.16. The lowest BCUT2D eigenvalue weighted by Gasteiger charge is -2.04. The molecule has 0 aliphatic heterocycles. The molecule has 62 valence electrons. The van der Waals surface area contributed by atoms with Gasteiger partial charge in [0.05, 0.1) is 18.7 Å². The van der Waals surface area contributed by atoms with Crippen LogP contribution >= 0.6 is 0 Å². The number of phenolic OH excluding ortho intramolecular Hbond substituents is 2. The lowest BCUT2D eigenvalue weighted by molar-refractivity contribution is 0.351. The van der Waals surface area contributed by atoms with Crippen LogP contribution in [0.3, 0.4) is 0 Å². The summed E-state index contributed by atoms with van der Waals surface area (Å²) in [5.41, 5.74) is 0.238. The molecule has 0 aliphatic rings. The average Bonchev–Trinajstić information content (AvgIpc) is 2.09. The number of nitrogens with zero attached hydrogens (tertiary/aromatic N) is 1. The number of hydrogen-bond acceptors (Lipinski definition) is 4. The van der Waals surface area contributed by atoms with E-state index in [1.807, 2.05) is 6.07 Å². The number of benzene rings is 1. The number of nitriles is 1. The SMILES string of the molecule is COc1cc(C#N)cc(O)c1O. The highest BCUT2D eigenvalue weighted by Crippen LogP contribution is 2.35. The Labute approximate surface area is 69.3 Å². The molecule has 0 heterocycles. The largest absolute Gasteiger partial charge is 0.504 e. The van der Waals surface area contributed by atoms with Crippen molar-refractivity contribution in [3.05, 3.63) is 17.7 Å². The molecule has 2 N–H and O–H groups in total. The smallest absolute Gasteiger partial charge is 0.200 e. The first-order valence-corrected chi connectivity index (χ1v) is 3.19. The molecular formula is C8H7NO3. The van der Waals surface area contributed by atoms with Gasteiger partial charge in [-0.1, -0.05) is 0 Å². The molecule has 0 saturated carbocycles. The standard InChI is InChI=1S/C8H7NO3/c1-12-7-3-5(4-9)2-6(10)8(7)11/h2-3,10-11H,1H3. The third kappa shape index (κ3) is 1.25. The predicted octanol–water partition coefficient (Wildman–Crippen LogP) is 0.978. The van der Waals surface area contributed by atoms with E-state index in [4.69, 9.17) is 20.2 Å². The zero-order valence-electron chi connectivity index (χ0n) is 6.40. The highest BCUT2D eigenvalue weighted by atomic mass is 16.5. The molecule has 12 heavy (non-hydrogen) atoms. The maximum atomic E-state index is 9.13. The summed E-state index contributed by atoms with van der Waals surface area (Å²) in [5.74, 6) is -0.617. The van der Waals surface area contributed by atoms with Crippen LogP contribution in [0, 0.1) is 11.3 Å². The van der Waals surface area contributed by atoms with E-state index in [0.717, 1.165) is 6.07 Å². The van der Waals surface area contributed by atoms with Crippen LogP contribution in [0.2, 0.25) is 0 Å². The van der Waals surface area contributed by atoms with E-state index < -0.39 is 0 Å². The van der Waals surface area contributed by atoms with Gasteiger partial charge in [-0.15, -0.1) is 0 Å². The summed E-state index contributed by atoms with van der Waals surface area (Å²) in [6, 6.07) is 4.33. The first-order valence-electron chi connectivity index (χ1n) is 3.19. The molecule has 0 aliphatic carbocycles. The van der Waals surface area contributed by atoms with E-state index in [0.29, 0.717) is 0 Å². The Hall–Kier alpha value is -1.89. The number of hydrogen-bond donors (Lipinski definition) is 2. The Balaban J connectivity index is 3.31. The Kier molecular flexibility index (Phi) is 2.06. The van der Waals surface area contributed by atoms with Crippen molar-refractivity contribution in [2.75, 3.05) is 7.11 Å². The lowest BCUT2D eigenvalue weighted by atomic mass is 10.2. The normalized spacial score (nSPS) is 9.00. The van der Waals surface area contributed by atoms with E-state index in [1.54, 1.807) is 0 Å². The van der Waals surface area contributed by atoms with Crippen LogP contribution < -0.4 is 4.74 Å². The first kappa shape index (κ1) is 8.21. The molecule has 0 saturated heterocycles. The van der Waals surface area contributed by atoms with Gasteiger partial charge in [-0.25, -0.2) is 0 Å². The molecule has 1 aromatic rings. The quantitative estimate of drug-likeness (QED) is 0.608. The fourth-order valence-corrected chi connectivity index (χ4v) is 0.813. The number of phenols is 2.